The van der Waals surface area contributed by atoms with E-state index in [0.29, 0.717) is 18.4 Å². The van der Waals surface area contributed by atoms with Crippen molar-refractivity contribution in [3.63, 3.8) is 0 Å². The quantitative estimate of drug-likeness (QED) is 0.861. The number of likely N-dealkylation sites (tertiary alicyclic amines) is 1. The van der Waals surface area contributed by atoms with Gasteiger partial charge in [0.25, 0.3) is 0 Å². The van der Waals surface area contributed by atoms with Gasteiger partial charge in [0.2, 0.25) is 5.91 Å². The van der Waals surface area contributed by atoms with E-state index in [2.05, 4.69) is 34.1 Å². The number of nitrogens with zero attached hydrogens (tertiary/aromatic N) is 2. The Morgan fingerprint density at radius 3 is 2.84 bits per heavy atom. The molecule has 132 valence electrons. The molecule has 3 heterocycles. The van der Waals surface area contributed by atoms with E-state index in [4.69, 9.17) is 4.74 Å². The van der Waals surface area contributed by atoms with Crippen molar-refractivity contribution in [3.8, 4) is 0 Å². The summed E-state index contributed by atoms with van der Waals surface area (Å²) in [6.45, 7) is 3.21. The van der Waals surface area contributed by atoms with Gasteiger partial charge in [-0.05, 0) is 55.7 Å². The van der Waals surface area contributed by atoms with Crippen LogP contribution in [0.15, 0.2) is 36.5 Å². The van der Waals surface area contributed by atoms with Crippen LogP contribution in [0, 0.1) is 11.8 Å². The average molecular weight is 338 g/mol. The largest absolute Gasteiger partial charge is 0.381 e. The molecule has 4 nitrogen and oxygen atoms in total. The molecule has 1 amide bonds. The lowest BCUT2D eigenvalue weighted by atomic mass is 9.88. The molecule has 0 bridgehead atoms. The molecule has 2 aliphatic rings. The summed E-state index contributed by atoms with van der Waals surface area (Å²) in [6, 6.07) is 10.6. The predicted molar refractivity (Wildman–Crippen MR) is 98.3 cm³/mol. The number of hydrogen-bond donors (Lipinski definition) is 0. The van der Waals surface area contributed by atoms with Gasteiger partial charge in [0.15, 0.2) is 0 Å². The van der Waals surface area contributed by atoms with Gasteiger partial charge < -0.3 is 9.64 Å². The normalized spacial score (nSPS) is 22.2. The molecule has 0 spiro atoms. The summed E-state index contributed by atoms with van der Waals surface area (Å²) >= 11 is 0. The first-order chi connectivity index (χ1) is 12.3. The molecule has 4 rings (SSSR count). The molecule has 0 saturated carbocycles. The Kier molecular flexibility index (Phi) is 4.97. The van der Waals surface area contributed by atoms with Crippen molar-refractivity contribution in [2.75, 3.05) is 26.3 Å². The van der Waals surface area contributed by atoms with Crippen LogP contribution in [0.1, 0.15) is 31.2 Å². The van der Waals surface area contributed by atoms with Crippen LogP contribution < -0.4 is 0 Å². The minimum atomic E-state index is 0.0921. The fraction of sp³-hybridized carbons (Fsp3) is 0.524. The second-order valence-electron chi connectivity index (χ2n) is 7.37. The van der Waals surface area contributed by atoms with Gasteiger partial charge in [-0.3, -0.25) is 9.78 Å². The Morgan fingerprint density at radius 2 is 2.04 bits per heavy atom. The average Bonchev–Trinajstić information content (AvgIpc) is 2.69. The van der Waals surface area contributed by atoms with E-state index in [1.54, 1.807) is 0 Å². The van der Waals surface area contributed by atoms with Crippen LogP contribution in [0.5, 0.6) is 0 Å². The molecule has 25 heavy (non-hydrogen) atoms. The molecule has 4 heteroatoms. The van der Waals surface area contributed by atoms with E-state index in [1.807, 2.05) is 12.3 Å². The fourth-order valence-corrected chi connectivity index (χ4v) is 4.21. The highest BCUT2D eigenvalue weighted by molar-refractivity contribution is 5.82. The van der Waals surface area contributed by atoms with Gasteiger partial charge in [0, 0.05) is 31.3 Å². The number of aromatic nitrogens is 1. The highest BCUT2D eigenvalue weighted by atomic mass is 16.5. The third-order valence-electron chi connectivity index (χ3n) is 5.68. The first-order valence-electron chi connectivity index (χ1n) is 9.50. The zero-order valence-corrected chi connectivity index (χ0v) is 14.7. The number of hydrogen-bond acceptors (Lipinski definition) is 3. The van der Waals surface area contributed by atoms with E-state index >= 15 is 0 Å². The molecule has 0 aliphatic carbocycles. The van der Waals surface area contributed by atoms with E-state index in [0.717, 1.165) is 57.3 Å². The van der Waals surface area contributed by atoms with Gasteiger partial charge >= 0.3 is 0 Å². The second-order valence-corrected chi connectivity index (χ2v) is 7.37. The van der Waals surface area contributed by atoms with Crippen molar-refractivity contribution in [2.45, 2.75) is 32.1 Å². The maximum atomic E-state index is 12.6. The lowest BCUT2D eigenvalue weighted by Crippen LogP contribution is -2.44. The molecule has 2 aromatic rings. The minimum absolute atomic E-state index is 0.0921. The zero-order valence-electron chi connectivity index (χ0n) is 14.7. The van der Waals surface area contributed by atoms with Crippen LogP contribution in [-0.2, 0) is 16.0 Å². The Morgan fingerprint density at radius 1 is 1.16 bits per heavy atom. The topological polar surface area (TPSA) is 42.4 Å². The van der Waals surface area contributed by atoms with E-state index in [9.17, 15) is 4.79 Å². The highest BCUT2D eigenvalue weighted by Crippen LogP contribution is 2.27. The molecule has 0 radical (unpaired) electrons. The van der Waals surface area contributed by atoms with Crippen molar-refractivity contribution >= 4 is 16.8 Å². The predicted octanol–water partition coefficient (Wildman–Crippen LogP) is 3.44. The SMILES string of the molecule is O=C([C@H]1CCCOC1)N1CCC(Cc2cccc3ncccc23)CC1. The van der Waals surface area contributed by atoms with Crippen molar-refractivity contribution in [2.24, 2.45) is 11.8 Å². The molecule has 1 aromatic carbocycles. The molecule has 2 saturated heterocycles. The lowest BCUT2D eigenvalue weighted by Gasteiger charge is -2.35. The van der Waals surface area contributed by atoms with E-state index in [-0.39, 0.29) is 5.92 Å². The Hall–Kier alpha value is -1.94. The second kappa shape index (κ2) is 7.52. The number of amides is 1. The Balaban J connectivity index is 1.36. The molecular weight excluding hydrogens is 312 g/mol. The lowest BCUT2D eigenvalue weighted by molar-refractivity contribution is -0.141. The standard InChI is InChI=1S/C21H26N2O2/c24-21(18-5-3-13-25-15-18)23-11-8-16(9-12-23)14-17-4-1-7-20-19(17)6-2-10-22-20/h1-2,4,6-7,10,16,18H,3,5,8-9,11-15H2/t18-/m0/s1. The van der Waals surface area contributed by atoms with Gasteiger partial charge in [-0.25, -0.2) is 0 Å². The summed E-state index contributed by atoms with van der Waals surface area (Å²) in [5, 5.41) is 1.27. The van der Waals surface area contributed by atoms with Crippen LogP contribution in [0.3, 0.4) is 0 Å². The van der Waals surface area contributed by atoms with E-state index < -0.39 is 0 Å². The van der Waals surface area contributed by atoms with Gasteiger partial charge in [0.1, 0.15) is 0 Å². The maximum Gasteiger partial charge on any atom is 0.228 e. The van der Waals surface area contributed by atoms with Crippen molar-refractivity contribution < 1.29 is 9.53 Å². The molecule has 0 N–H and O–H groups in total. The van der Waals surface area contributed by atoms with Crippen molar-refractivity contribution in [3.05, 3.63) is 42.1 Å². The van der Waals surface area contributed by atoms with Crippen LogP contribution in [-0.4, -0.2) is 42.1 Å². The van der Waals surface area contributed by atoms with Crippen LogP contribution >= 0.6 is 0 Å². The first-order valence-corrected chi connectivity index (χ1v) is 9.50. The number of ether oxygens (including phenoxy) is 1. The maximum absolute atomic E-state index is 12.6. The van der Waals surface area contributed by atoms with Crippen LogP contribution in [0.2, 0.25) is 0 Å². The molecular formula is C21H26N2O2. The summed E-state index contributed by atoms with van der Waals surface area (Å²) in [5.74, 6) is 1.06. The number of carbonyl (C=O) groups is 1. The fourth-order valence-electron chi connectivity index (χ4n) is 4.21. The summed E-state index contributed by atoms with van der Waals surface area (Å²) < 4.78 is 5.48. The molecule has 2 aliphatic heterocycles. The number of rotatable bonds is 3. The van der Waals surface area contributed by atoms with Crippen LogP contribution in [0.4, 0.5) is 0 Å². The monoisotopic (exact) mass is 338 g/mol. The number of carbonyl (C=O) groups excluding carboxylic acids is 1. The van der Waals surface area contributed by atoms with Crippen molar-refractivity contribution in [1.82, 2.24) is 9.88 Å². The summed E-state index contributed by atoms with van der Waals surface area (Å²) in [4.78, 5) is 19.2. The number of benzene rings is 1. The number of piperidine rings is 1. The Labute approximate surface area is 149 Å². The summed E-state index contributed by atoms with van der Waals surface area (Å²) in [5.41, 5.74) is 2.46. The molecule has 1 atom stereocenters. The van der Waals surface area contributed by atoms with Gasteiger partial charge in [0.05, 0.1) is 18.0 Å². The third-order valence-corrected chi connectivity index (χ3v) is 5.68. The van der Waals surface area contributed by atoms with Gasteiger partial charge in [-0.1, -0.05) is 18.2 Å². The molecule has 1 aromatic heterocycles. The van der Waals surface area contributed by atoms with Gasteiger partial charge in [-0.15, -0.1) is 0 Å². The number of pyridine rings is 1. The summed E-state index contributed by atoms with van der Waals surface area (Å²) in [6.07, 6.45) is 7.12. The first kappa shape index (κ1) is 16.5. The zero-order chi connectivity index (χ0) is 17.1. The Bertz CT molecular complexity index is 726. The molecule has 2 fully saturated rings. The minimum Gasteiger partial charge on any atom is -0.381 e. The van der Waals surface area contributed by atoms with Crippen molar-refractivity contribution in [1.29, 1.82) is 0 Å². The van der Waals surface area contributed by atoms with Gasteiger partial charge in [-0.2, -0.15) is 0 Å². The number of fused-ring (bicyclic) bond motifs is 1. The van der Waals surface area contributed by atoms with E-state index in [1.165, 1.54) is 10.9 Å². The summed E-state index contributed by atoms with van der Waals surface area (Å²) in [7, 11) is 0. The smallest absolute Gasteiger partial charge is 0.228 e. The molecule has 0 unspecified atom stereocenters. The van der Waals surface area contributed by atoms with Crippen LogP contribution in [0.25, 0.3) is 10.9 Å². The highest BCUT2D eigenvalue weighted by Gasteiger charge is 2.29. The third kappa shape index (κ3) is 3.69.